The molecule has 2 aliphatic rings. The molecule has 2 amide bonds. The van der Waals surface area contributed by atoms with Crippen molar-refractivity contribution in [2.45, 2.75) is 57.1 Å². The lowest BCUT2D eigenvalue weighted by Gasteiger charge is -2.31. The minimum atomic E-state index is -0.655. The molecular weight excluding hydrogens is 556 g/mol. The number of carbonyl (C=O) groups excluding carboxylic acids is 2. The van der Waals surface area contributed by atoms with E-state index < -0.39 is 17.7 Å². The lowest BCUT2D eigenvalue weighted by atomic mass is 9.88. The predicted molar refractivity (Wildman–Crippen MR) is 174 cm³/mol. The molecule has 1 N–H and O–H groups in total. The first kappa shape index (κ1) is 30.8. The summed E-state index contributed by atoms with van der Waals surface area (Å²) < 4.78 is 5.70. The van der Waals surface area contributed by atoms with Crippen molar-refractivity contribution < 1.29 is 14.3 Å². The van der Waals surface area contributed by atoms with Gasteiger partial charge < -0.3 is 15.0 Å². The molecule has 2 fully saturated rings. The Morgan fingerprint density at radius 3 is 2.19 bits per heavy atom. The number of rotatable bonds is 8. The number of piperidine rings is 1. The molecule has 1 aromatic heterocycles. The average Bonchev–Trinajstić information content (AvgIpc) is 3.47. The molecule has 0 spiro atoms. The minimum absolute atomic E-state index is 0.135. The number of hydrogen-bond donors (Lipinski definition) is 1. The number of pyridine rings is 1. The Morgan fingerprint density at radius 2 is 1.60 bits per heavy atom. The number of nitrogens with zero attached hydrogens (tertiary/aromatic N) is 3. The van der Waals surface area contributed by atoms with Crippen molar-refractivity contribution in [2.24, 2.45) is 0 Å². The van der Waals surface area contributed by atoms with Crippen molar-refractivity contribution in [3.63, 3.8) is 0 Å². The molecule has 0 radical (unpaired) electrons. The first-order valence-corrected chi connectivity index (χ1v) is 16.2. The van der Waals surface area contributed by atoms with Crippen LogP contribution >= 0.6 is 11.8 Å². The Kier molecular flexibility index (Phi) is 10.2. The van der Waals surface area contributed by atoms with E-state index in [-0.39, 0.29) is 11.3 Å². The Hall–Kier alpha value is -3.62. The number of hydrogen-bond acceptors (Lipinski definition) is 6. The molecule has 0 saturated carbocycles. The summed E-state index contributed by atoms with van der Waals surface area (Å²) >= 11 is 1.57. The van der Waals surface area contributed by atoms with Gasteiger partial charge in [0.25, 0.3) is 0 Å². The van der Waals surface area contributed by atoms with Gasteiger partial charge in [-0.25, -0.2) is 4.79 Å². The number of aromatic nitrogens is 1. The highest BCUT2D eigenvalue weighted by Crippen LogP contribution is 2.42. The van der Waals surface area contributed by atoms with Gasteiger partial charge in [-0.1, -0.05) is 72.3 Å². The number of likely N-dealkylation sites (tertiary alicyclic amines) is 1. The van der Waals surface area contributed by atoms with Crippen LogP contribution in [0.2, 0.25) is 0 Å². The molecule has 0 aliphatic carbocycles. The van der Waals surface area contributed by atoms with Crippen molar-refractivity contribution in [1.29, 1.82) is 0 Å². The molecule has 2 aliphatic heterocycles. The third kappa shape index (κ3) is 8.06. The molecule has 2 atom stereocenters. The minimum Gasteiger partial charge on any atom is -0.444 e. The molecule has 5 rings (SSSR count). The smallest absolute Gasteiger partial charge is 0.412 e. The molecule has 3 aromatic rings. The molecule has 3 heterocycles. The largest absolute Gasteiger partial charge is 0.444 e. The van der Waals surface area contributed by atoms with Gasteiger partial charge in [-0.05, 0) is 69.3 Å². The zero-order valence-electron chi connectivity index (χ0n) is 25.4. The van der Waals surface area contributed by atoms with Crippen LogP contribution in [0, 0.1) is 0 Å². The maximum absolute atomic E-state index is 13.3. The molecule has 2 saturated heterocycles. The average molecular weight is 599 g/mol. The Morgan fingerprint density at radius 1 is 0.953 bits per heavy atom. The van der Waals surface area contributed by atoms with Crippen LogP contribution in [-0.2, 0) is 9.53 Å². The standard InChI is InChI=1S/C35H42N4O3S/c1-35(2,3)42-34(41)39-30(25-43-33(39)29-16-10-19-36-24-29)32(40)37-20-11-21-38-22-17-28(18-23-38)31(26-12-6-4-7-13-26)27-14-8-5-9-15-27/h4-10,12-16,19,24,30,33H,11,17-18,20-23,25H2,1-3H3,(H,37,40)/t30-,33?/m0/s1. The summed E-state index contributed by atoms with van der Waals surface area (Å²) in [6, 6.07) is 24.6. The van der Waals surface area contributed by atoms with E-state index in [9.17, 15) is 9.59 Å². The predicted octanol–water partition coefficient (Wildman–Crippen LogP) is 6.54. The fourth-order valence-corrected chi connectivity index (χ4v) is 7.14. The topological polar surface area (TPSA) is 74.8 Å². The van der Waals surface area contributed by atoms with Gasteiger partial charge in [0.1, 0.15) is 17.0 Å². The van der Waals surface area contributed by atoms with Crippen molar-refractivity contribution in [2.75, 3.05) is 31.9 Å². The van der Waals surface area contributed by atoms with Crippen LogP contribution in [0.25, 0.3) is 5.57 Å². The van der Waals surface area contributed by atoms with Gasteiger partial charge in [-0.15, -0.1) is 11.8 Å². The van der Waals surface area contributed by atoms with Crippen LogP contribution in [0.4, 0.5) is 4.79 Å². The maximum atomic E-state index is 13.3. The van der Waals surface area contributed by atoms with Gasteiger partial charge in [0.2, 0.25) is 5.91 Å². The van der Waals surface area contributed by atoms with E-state index in [0.717, 1.165) is 44.5 Å². The lowest BCUT2D eigenvalue weighted by Crippen LogP contribution is -2.49. The van der Waals surface area contributed by atoms with E-state index in [1.807, 2.05) is 32.9 Å². The maximum Gasteiger partial charge on any atom is 0.412 e. The van der Waals surface area contributed by atoms with Crippen molar-refractivity contribution in [1.82, 2.24) is 20.1 Å². The van der Waals surface area contributed by atoms with Crippen molar-refractivity contribution >= 4 is 29.3 Å². The SMILES string of the molecule is CC(C)(C)OC(=O)N1C(c2cccnc2)SC[C@H]1C(=O)NCCCN1CCC(=C(c2ccccc2)c2ccccc2)CC1. The van der Waals surface area contributed by atoms with Crippen LogP contribution < -0.4 is 5.32 Å². The summed E-state index contributed by atoms with van der Waals surface area (Å²) in [6.07, 6.45) is 5.89. The lowest BCUT2D eigenvalue weighted by molar-refractivity contribution is -0.125. The molecule has 8 heteroatoms. The Labute approximate surface area is 259 Å². The zero-order chi connectivity index (χ0) is 30.2. The van der Waals surface area contributed by atoms with E-state index in [0.29, 0.717) is 12.3 Å². The van der Waals surface area contributed by atoms with Gasteiger partial charge in [0.15, 0.2) is 0 Å². The first-order valence-electron chi connectivity index (χ1n) is 15.2. The Balaban J connectivity index is 1.15. The zero-order valence-corrected chi connectivity index (χ0v) is 26.2. The van der Waals surface area contributed by atoms with Crippen LogP contribution in [-0.4, -0.2) is 70.4 Å². The van der Waals surface area contributed by atoms with Crippen LogP contribution in [0.5, 0.6) is 0 Å². The quantitative estimate of drug-likeness (QED) is 0.297. The first-order chi connectivity index (χ1) is 20.8. The molecule has 7 nitrogen and oxygen atoms in total. The molecular formula is C35H42N4O3S. The third-order valence-electron chi connectivity index (χ3n) is 7.77. The highest BCUT2D eigenvalue weighted by molar-refractivity contribution is 7.99. The normalized spacial score (nSPS) is 19.2. The van der Waals surface area contributed by atoms with Crippen LogP contribution in [0.1, 0.15) is 62.1 Å². The molecule has 2 aromatic carbocycles. The highest BCUT2D eigenvalue weighted by Gasteiger charge is 2.44. The number of benzene rings is 2. The van der Waals surface area contributed by atoms with Gasteiger partial charge in [-0.2, -0.15) is 0 Å². The van der Waals surface area contributed by atoms with Gasteiger partial charge in [0, 0.05) is 43.3 Å². The van der Waals surface area contributed by atoms with Crippen LogP contribution in [0.15, 0.2) is 90.8 Å². The number of thioether (sulfide) groups is 1. The van der Waals surface area contributed by atoms with Gasteiger partial charge >= 0.3 is 6.09 Å². The Bertz CT molecular complexity index is 1340. The monoisotopic (exact) mass is 598 g/mol. The summed E-state index contributed by atoms with van der Waals surface area (Å²) in [4.78, 5) is 34.8. The van der Waals surface area contributed by atoms with E-state index in [4.69, 9.17) is 4.74 Å². The fourth-order valence-electron chi connectivity index (χ4n) is 5.74. The summed E-state index contributed by atoms with van der Waals surface area (Å²) in [7, 11) is 0. The summed E-state index contributed by atoms with van der Waals surface area (Å²) in [5.74, 6) is 0.376. The number of amides is 2. The van der Waals surface area contributed by atoms with Gasteiger partial charge in [-0.3, -0.25) is 14.7 Å². The summed E-state index contributed by atoms with van der Waals surface area (Å²) in [5, 5.41) is 2.79. The van der Waals surface area contributed by atoms with E-state index in [1.54, 1.807) is 29.1 Å². The second-order valence-corrected chi connectivity index (χ2v) is 13.2. The molecule has 226 valence electrons. The van der Waals surface area contributed by atoms with Crippen LogP contribution in [0.3, 0.4) is 0 Å². The second-order valence-electron chi connectivity index (χ2n) is 12.1. The number of nitrogens with one attached hydrogen (secondary N) is 1. The van der Waals surface area contributed by atoms with Crippen molar-refractivity contribution in [3.05, 3.63) is 107 Å². The number of ether oxygens (including phenoxy) is 1. The summed E-state index contributed by atoms with van der Waals surface area (Å²) in [5.41, 5.74) is 5.65. The second kappa shape index (κ2) is 14.2. The van der Waals surface area contributed by atoms with Crippen molar-refractivity contribution in [3.8, 4) is 0 Å². The van der Waals surface area contributed by atoms with Gasteiger partial charge in [0.05, 0.1) is 0 Å². The molecule has 43 heavy (non-hydrogen) atoms. The number of carbonyl (C=O) groups is 2. The third-order valence-corrected chi connectivity index (χ3v) is 9.09. The van der Waals surface area contributed by atoms with E-state index in [2.05, 4.69) is 75.9 Å². The fraction of sp³-hybridized carbons (Fsp3) is 0.400. The highest BCUT2D eigenvalue weighted by atomic mass is 32.2. The molecule has 1 unspecified atom stereocenters. The van der Waals surface area contributed by atoms with E-state index in [1.165, 1.54) is 22.3 Å². The summed E-state index contributed by atoms with van der Waals surface area (Å²) in [6.45, 7) is 9.02. The van der Waals surface area contributed by atoms with E-state index >= 15 is 0 Å². The molecule has 0 bridgehead atoms.